The van der Waals surface area contributed by atoms with Crippen molar-refractivity contribution in [2.24, 2.45) is 5.73 Å². The van der Waals surface area contributed by atoms with Crippen LogP contribution in [-0.4, -0.2) is 50.6 Å². The molecule has 0 saturated carbocycles. The van der Waals surface area contributed by atoms with Crippen molar-refractivity contribution in [3.63, 3.8) is 0 Å². The smallest absolute Gasteiger partial charge is 0.139 e. The Morgan fingerprint density at radius 1 is 1.31 bits per heavy atom. The number of ether oxygens (including phenoxy) is 1. The lowest BCUT2D eigenvalue weighted by atomic mass is 9.93. The van der Waals surface area contributed by atoms with Crippen molar-refractivity contribution in [2.45, 2.75) is 25.1 Å². The van der Waals surface area contributed by atoms with Crippen LogP contribution in [0.5, 0.6) is 5.75 Å². The molecule has 0 saturated heterocycles. The van der Waals surface area contributed by atoms with Crippen LogP contribution < -0.4 is 10.5 Å². The molecule has 0 radical (unpaired) electrons. The van der Waals surface area contributed by atoms with Gasteiger partial charge in [0.1, 0.15) is 22.7 Å². The van der Waals surface area contributed by atoms with Crippen LogP contribution in [0.15, 0.2) is 57.4 Å². The molecule has 2 atom stereocenters. The Kier molecular flexibility index (Phi) is 7.40. The van der Waals surface area contributed by atoms with Gasteiger partial charge < -0.3 is 20.5 Å². The Morgan fingerprint density at radius 3 is 2.75 bits per heavy atom. The number of aromatic nitrogens is 1. The zero-order chi connectivity index (χ0) is 22.7. The van der Waals surface area contributed by atoms with Gasteiger partial charge in [0.25, 0.3) is 0 Å². The fourth-order valence-corrected chi connectivity index (χ4v) is 7.52. The Morgan fingerprint density at radius 2 is 2.09 bits per heavy atom. The summed E-state index contributed by atoms with van der Waals surface area (Å²) in [4.78, 5) is 6.70. The van der Waals surface area contributed by atoms with Gasteiger partial charge in [-0.15, -0.1) is 11.3 Å². The fourth-order valence-electron chi connectivity index (χ4n) is 3.70. The maximum atomic E-state index is 13.0. The largest absolute Gasteiger partial charge is 0.491 e. The highest BCUT2D eigenvalue weighted by molar-refractivity contribution is 8.17. The zero-order valence-electron chi connectivity index (χ0n) is 18.1. The first-order valence-electron chi connectivity index (χ1n) is 10.5. The molecule has 4 rings (SSSR count). The normalized spacial score (nSPS) is 19.3. The highest BCUT2D eigenvalue weighted by Gasteiger charge is 2.40. The highest BCUT2D eigenvalue weighted by atomic mass is 32.2. The average Bonchev–Trinajstić information content (AvgIpc) is 3.46. The van der Waals surface area contributed by atoms with E-state index < -0.39 is 10.8 Å². The second-order valence-corrected chi connectivity index (χ2v) is 11.2. The number of benzene rings is 1. The number of thiazole rings is 1. The van der Waals surface area contributed by atoms with E-state index in [2.05, 4.69) is 22.9 Å². The molecule has 170 valence electrons. The summed E-state index contributed by atoms with van der Waals surface area (Å²) in [6, 6.07) is 7.78. The van der Waals surface area contributed by atoms with Crippen molar-refractivity contribution in [3.05, 3.63) is 68.0 Å². The van der Waals surface area contributed by atoms with Crippen molar-refractivity contribution in [2.75, 3.05) is 26.0 Å². The Balaban J connectivity index is 1.79. The van der Waals surface area contributed by atoms with E-state index in [9.17, 15) is 4.21 Å². The molecule has 3 N–H and O–H groups in total. The van der Waals surface area contributed by atoms with Gasteiger partial charge in [-0.3, -0.25) is 4.21 Å². The van der Waals surface area contributed by atoms with Gasteiger partial charge in [0, 0.05) is 30.0 Å². The lowest BCUT2D eigenvalue weighted by molar-refractivity contribution is 0.201. The molecule has 2 aliphatic heterocycles. The van der Waals surface area contributed by atoms with Crippen LogP contribution in [0.3, 0.4) is 0 Å². The Labute approximate surface area is 199 Å². The summed E-state index contributed by atoms with van der Waals surface area (Å²) in [7, 11) is 0.933. The van der Waals surface area contributed by atoms with Gasteiger partial charge in [-0.05, 0) is 35.8 Å². The average molecular weight is 490 g/mol. The van der Waals surface area contributed by atoms with Crippen LogP contribution in [0.25, 0.3) is 11.3 Å². The molecule has 0 spiro atoms. The van der Waals surface area contributed by atoms with E-state index in [4.69, 9.17) is 15.6 Å². The molecule has 3 heterocycles. The van der Waals surface area contributed by atoms with Crippen LogP contribution in [0, 0.1) is 0 Å². The minimum atomic E-state index is -1.11. The minimum Gasteiger partial charge on any atom is -0.491 e. The van der Waals surface area contributed by atoms with Gasteiger partial charge in [-0.1, -0.05) is 37.2 Å². The van der Waals surface area contributed by atoms with Crippen molar-refractivity contribution in [1.29, 1.82) is 0 Å². The number of allylic oxidation sites excluding steroid dienone is 2. The number of thioether (sulfide) groups is 1. The summed E-state index contributed by atoms with van der Waals surface area (Å²) in [5.74, 6) is 1.33. The van der Waals surface area contributed by atoms with E-state index in [-0.39, 0.29) is 18.6 Å². The summed E-state index contributed by atoms with van der Waals surface area (Å²) in [6.07, 6.45) is 5.84. The molecule has 0 aliphatic carbocycles. The molecule has 32 heavy (non-hydrogen) atoms. The molecule has 1 aromatic carbocycles. The van der Waals surface area contributed by atoms with Crippen molar-refractivity contribution in [1.82, 2.24) is 9.88 Å². The fraction of sp³-hybridized carbons (Fsp3) is 0.348. The van der Waals surface area contributed by atoms with Crippen molar-refractivity contribution in [3.8, 4) is 5.75 Å². The van der Waals surface area contributed by atoms with Crippen LogP contribution in [-0.2, 0) is 10.8 Å². The van der Waals surface area contributed by atoms with E-state index in [1.54, 1.807) is 29.3 Å². The van der Waals surface area contributed by atoms with Crippen molar-refractivity contribution < 1.29 is 14.1 Å². The first-order valence-corrected chi connectivity index (χ1v) is 13.6. The molecular formula is C23H27N3O3S3. The summed E-state index contributed by atoms with van der Waals surface area (Å²) < 4.78 is 19.3. The van der Waals surface area contributed by atoms with Crippen molar-refractivity contribution >= 4 is 45.2 Å². The third kappa shape index (κ3) is 4.52. The minimum absolute atomic E-state index is 0.0263. The number of nitrogens with zero attached hydrogens (tertiary/aromatic N) is 2. The molecule has 2 aliphatic rings. The van der Waals surface area contributed by atoms with Gasteiger partial charge in [0.2, 0.25) is 0 Å². The molecular weight excluding hydrogens is 462 g/mol. The number of fused-ring (bicyclic) bond motifs is 1. The van der Waals surface area contributed by atoms with Gasteiger partial charge >= 0.3 is 0 Å². The second-order valence-electron chi connectivity index (χ2n) is 7.48. The van der Waals surface area contributed by atoms with Crippen LogP contribution in [0.4, 0.5) is 0 Å². The van der Waals surface area contributed by atoms with E-state index in [1.807, 2.05) is 36.7 Å². The second kappa shape index (κ2) is 10.2. The topological polar surface area (TPSA) is 88.7 Å². The SMILES string of the molecule is CCCCS(=O)C1=C(N)C2=C(c3ccc(OCCO)cc3)C=C(c3nccs3)N(C)C2S1. The summed E-state index contributed by atoms with van der Waals surface area (Å²) >= 11 is 3.18. The van der Waals surface area contributed by atoms with Crippen LogP contribution in [0.1, 0.15) is 30.3 Å². The Hall–Kier alpha value is -2.07. The third-order valence-corrected chi connectivity index (χ3v) is 9.49. The molecule has 0 bridgehead atoms. The van der Waals surface area contributed by atoms with E-state index in [0.717, 1.165) is 44.5 Å². The first kappa shape index (κ1) is 23.1. The number of aliphatic hydroxyl groups excluding tert-OH is 1. The van der Waals surface area contributed by atoms with Gasteiger partial charge in [-0.2, -0.15) is 0 Å². The zero-order valence-corrected chi connectivity index (χ0v) is 20.6. The molecule has 2 aromatic rings. The summed E-state index contributed by atoms with van der Waals surface area (Å²) in [6.45, 7) is 2.33. The number of aliphatic hydroxyl groups is 1. The molecule has 0 fully saturated rings. The standard InChI is InChI=1S/C23H27N3O3S3/c1-3-4-13-32(28)23-20(24)19-17(15-5-7-16(8-6-15)29-11-10-27)14-18(21-25-9-12-30-21)26(2)22(19)31-23/h5-9,12,14,22,27H,3-4,10-11,13,24H2,1-2H3. The first-order chi connectivity index (χ1) is 15.5. The van der Waals surface area contributed by atoms with Crippen LogP contribution >= 0.6 is 23.1 Å². The third-order valence-electron chi connectivity index (χ3n) is 5.35. The lowest BCUT2D eigenvalue weighted by Crippen LogP contribution is -2.32. The number of hydrogen-bond donors (Lipinski definition) is 2. The number of hydrogen-bond acceptors (Lipinski definition) is 8. The molecule has 1 aromatic heterocycles. The lowest BCUT2D eigenvalue weighted by Gasteiger charge is -2.34. The number of rotatable bonds is 9. The molecule has 9 heteroatoms. The predicted molar refractivity (Wildman–Crippen MR) is 134 cm³/mol. The van der Waals surface area contributed by atoms with E-state index in [1.165, 1.54) is 0 Å². The number of likely N-dealkylation sites (N-methyl/N-ethyl adjacent to an activating group) is 1. The number of unbranched alkanes of at least 4 members (excludes halogenated alkanes) is 1. The molecule has 6 nitrogen and oxygen atoms in total. The van der Waals surface area contributed by atoms with Gasteiger partial charge in [-0.25, -0.2) is 4.98 Å². The quantitative estimate of drug-likeness (QED) is 0.550. The Bertz CT molecular complexity index is 1080. The van der Waals surface area contributed by atoms with Gasteiger partial charge in [0.15, 0.2) is 0 Å². The molecule has 2 unspecified atom stereocenters. The van der Waals surface area contributed by atoms with E-state index >= 15 is 0 Å². The van der Waals surface area contributed by atoms with Crippen LogP contribution in [0.2, 0.25) is 0 Å². The summed E-state index contributed by atoms with van der Waals surface area (Å²) in [5.41, 5.74) is 11.3. The van der Waals surface area contributed by atoms with Gasteiger partial charge in [0.05, 0.1) is 33.0 Å². The highest BCUT2D eigenvalue weighted by Crippen LogP contribution is 2.50. The van der Waals surface area contributed by atoms with E-state index in [0.29, 0.717) is 17.2 Å². The predicted octanol–water partition coefficient (Wildman–Crippen LogP) is 4.00. The maximum Gasteiger partial charge on any atom is 0.139 e. The molecule has 0 amide bonds. The maximum absolute atomic E-state index is 13.0. The number of nitrogens with two attached hydrogens (primary N) is 1. The summed E-state index contributed by atoms with van der Waals surface area (Å²) in [5, 5.41) is 11.8. The monoisotopic (exact) mass is 489 g/mol.